The Morgan fingerprint density at radius 1 is 1.44 bits per heavy atom. The molecule has 2 fully saturated rings. The zero-order chi connectivity index (χ0) is 11.4. The summed E-state index contributed by atoms with van der Waals surface area (Å²) in [5, 5.41) is 5.89. The molecule has 88 valence electrons. The molecule has 2 N–H and O–H groups in total. The number of hydrogen-bond acceptors (Lipinski definition) is 3. The van der Waals surface area contributed by atoms with E-state index >= 15 is 0 Å². The molecule has 4 heteroatoms. The molecule has 1 aliphatic heterocycles. The third-order valence-corrected chi connectivity index (χ3v) is 3.08. The molecule has 2 rings (SSSR count). The van der Waals surface area contributed by atoms with Gasteiger partial charge in [0.2, 0.25) is 5.91 Å². The number of terminal acetylenes is 1. The fourth-order valence-corrected chi connectivity index (χ4v) is 2.16. The molecule has 0 aromatic rings. The minimum Gasteiger partial charge on any atom is -0.376 e. The number of carbonyl (C=O) groups is 1. The molecule has 0 aromatic carbocycles. The van der Waals surface area contributed by atoms with Crippen LogP contribution in [0.1, 0.15) is 19.3 Å². The third-order valence-electron chi connectivity index (χ3n) is 3.08. The molecule has 4 nitrogen and oxygen atoms in total. The van der Waals surface area contributed by atoms with Crippen molar-refractivity contribution in [3.05, 3.63) is 0 Å². The fraction of sp³-hybridized carbons (Fsp3) is 0.750. The summed E-state index contributed by atoms with van der Waals surface area (Å²) < 4.78 is 5.65. The van der Waals surface area contributed by atoms with Crippen LogP contribution >= 0.6 is 0 Å². The van der Waals surface area contributed by atoms with E-state index in [9.17, 15) is 4.79 Å². The summed E-state index contributed by atoms with van der Waals surface area (Å²) in [5.74, 6) is 3.12. The second-order valence-electron chi connectivity index (χ2n) is 4.44. The zero-order valence-corrected chi connectivity index (χ0v) is 9.37. The van der Waals surface area contributed by atoms with Gasteiger partial charge in [-0.15, -0.1) is 6.42 Å². The van der Waals surface area contributed by atoms with Gasteiger partial charge in [0.15, 0.2) is 0 Å². The Bertz CT molecular complexity index is 294. The molecule has 0 aromatic heterocycles. The van der Waals surface area contributed by atoms with Crippen molar-refractivity contribution < 1.29 is 9.53 Å². The molecule has 0 bridgehead atoms. The van der Waals surface area contributed by atoms with Gasteiger partial charge in [0.1, 0.15) is 0 Å². The number of amides is 1. The van der Waals surface area contributed by atoms with E-state index in [-0.39, 0.29) is 24.6 Å². The summed E-state index contributed by atoms with van der Waals surface area (Å²) in [6, 6.07) is 0.202. The van der Waals surface area contributed by atoms with Gasteiger partial charge in [0.05, 0.1) is 25.2 Å². The average Bonchev–Trinajstić information content (AvgIpc) is 3.01. The van der Waals surface area contributed by atoms with Crippen LogP contribution in [0, 0.1) is 18.3 Å². The van der Waals surface area contributed by atoms with E-state index in [2.05, 4.69) is 16.6 Å². The number of rotatable bonds is 5. The van der Waals surface area contributed by atoms with Crippen molar-refractivity contribution in [3.8, 4) is 12.3 Å². The molecule has 1 heterocycles. The molecule has 2 atom stereocenters. The van der Waals surface area contributed by atoms with E-state index in [4.69, 9.17) is 11.2 Å². The highest BCUT2D eigenvalue weighted by molar-refractivity contribution is 5.78. The summed E-state index contributed by atoms with van der Waals surface area (Å²) in [5.41, 5.74) is 0. The normalized spacial score (nSPS) is 28.7. The van der Waals surface area contributed by atoms with Crippen LogP contribution < -0.4 is 10.6 Å². The van der Waals surface area contributed by atoms with Gasteiger partial charge in [-0.1, -0.05) is 5.92 Å². The Balaban J connectivity index is 1.71. The first-order valence-electron chi connectivity index (χ1n) is 5.86. The van der Waals surface area contributed by atoms with Crippen molar-refractivity contribution in [3.63, 3.8) is 0 Å². The van der Waals surface area contributed by atoms with Crippen LogP contribution in [0.15, 0.2) is 0 Å². The lowest BCUT2D eigenvalue weighted by Crippen LogP contribution is -2.45. The quantitative estimate of drug-likeness (QED) is 0.504. The molecule has 2 unspecified atom stereocenters. The highest BCUT2D eigenvalue weighted by Gasteiger charge is 2.41. The Morgan fingerprint density at radius 2 is 2.25 bits per heavy atom. The molecular formula is C12H18N2O2. The first-order chi connectivity index (χ1) is 7.81. The van der Waals surface area contributed by atoms with E-state index in [1.54, 1.807) is 0 Å². The van der Waals surface area contributed by atoms with Crippen LogP contribution in [0.4, 0.5) is 0 Å². The van der Waals surface area contributed by atoms with Gasteiger partial charge in [-0.05, 0) is 25.2 Å². The minimum absolute atomic E-state index is 0.0106. The number of nitrogens with one attached hydrogen (secondary N) is 2. The van der Waals surface area contributed by atoms with Crippen molar-refractivity contribution in [2.75, 3.05) is 19.7 Å². The molecule has 0 radical (unpaired) electrons. The fourth-order valence-electron chi connectivity index (χ4n) is 2.16. The summed E-state index contributed by atoms with van der Waals surface area (Å²) in [7, 11) is 0. The van der Waals surface area contributed by atoms with Gasteiger partial charge in [0.25, 0.3) is 0 Å². The Kier molecular flexibility index (Phi) is 3.81. The summed E-state index contributed by atoms with van der Waals surface area (Å²) >= 11 is 0. The molecule has 1 amide bonds. The standard InChI is InChI=1S/C12H18N2O2/c1-2-6-13-8-11(15)14-10-5-7-16-12(10)9-3-4-9/h1,9-10,12-13H,3-8H2,(H,14,15). The molecular weight excluding hydrogens is 204 g/mol. The highest BCUT2D eigenvalue weighted by Crippen LogP contribution is 2.38. The smallest absolute Gasteiger partial charge is 0.234 e. The SMILES string of the molecule is C#CCNCC(=O)NC1CCOC1C1CC1. The number of ether oxygens (including phenoxy) is 1. The second kappa shape index (κ2) is 5.33. The van der Waals surface area contributed by atoms with Crippen molar-refractivity contribution in [1.82, 2.24) is 10.6 Å². The van der Waals surface area contributed by atoms with Gasteiger partial charge in [-0.3, -0.25) is 10.1 Å². The van der Waals surface area contributed by atoms with Crippen LogP contribution in [0.3, 0.4) is 0 Å². The molecule has 1 aliphatic carbocycles. The minimum atomic E-state index is 0.0106. The van der Waals surface area contributed by atoms with Crippen molar-refractivity contribution in [1.29, 1.82) is 0 Å². The van der Waals surface area contributed by atoms with Gasteiger partial charge in [0, 0.05) is 6.61 Å². The van der Waals surface area contributed by atoms with E-state index in [1.165, 1.54) is 12.8 Å². The highest BCUT2D eigenvalue weighted by atomic mass is 16.5. The van der Waals surface area contributed by atoms with Crippen molar-refractivity contribution in [2.24, 2.45) is 5.92 Å². The molecule has 1 saturated heterocycles. The third kappa shape index (κ3) is 2.97. The lowest BCUT2D eigenvalue weighted by molar-refractivity contribution is -0.121. The summed E-state index contributed by atoms with van der Waals surface area (Å²) in [4.78, 5) is 11.6. The predicted octanol–water partition coefficient (Wildman–Crippen LogP) is -0.107. The van der Waals surface area contributed by atoms with E-state index < -0.39 is 0 Å². The van der Waals surface area contributed by atoms with E-state index in [0.717, 1.165) is 13.0 Å². The molecule has 2 aliphatic rings. The average molecular weight is 222 g/mol. The van der Waals surface area contributed by atoms with E-state index in [0.29, 0.717) is 12.5 Å². The molecule has 0 spiro atoms. The lowest BCUT2D eigenvalue weighted by atomic mass is 10.1. The Hall–Kier alpha value is -1.05. The van der Waals surface area contributed by atoms with E-state index in [1.807, 2.05) is 0 Å². The van der Waals surface area contributed by atoms with Gasteiger partial charge < -0.3 is 10.1 Å². The monoisotopic (exact) mass is 222 g/mol. The maximum absolute atomic E-state index is 11.6. The van der Waals surface area contributed by atoms with Crippen LogP contribution in [0.2, 0.25) is 0 Å². The maximum atomic E-state index is 11.6. The predicted molar refractivity (Wildman–Crippen MR) is 60.7 cm³/mol. The van der Waals surface area contributed by atoms with Gasteiger partial charge in [-0.2, -0.15) is 0 Å². The maximum Gasteiger partial charge on any atom is 0.234 e. The lowest BCUT2D eigenvalue weighted by Gasteiger charge is -2.19. The van der Waals surface area contributed by atoms with Gasteiger partial charge >= 0.3 is 0 Å². The van der Waals surface area contributed by atoms with Crippen LogP contribution in [-0.4, -0.2) is 37.7 Å². The van der Waals surface area contributed by atoms with Crippen LogP contribution in [-0.2, 0) is 9.53 Å². The first kappa shape index (κ1) is 11.4. The largest absolute Gasteiger partial charge is 0.376 e. The topological polar surface area (TPSA) is 50.4 Å². The zero-order valence-electron chi connectivity index (χ0n) is 9.37. The Labute approximate surface area is 96.1 Å². The van der Waals surface area contributed by atoms with Crippen molar-refractivity contribution in [2.45, 2.75) is 31.4 Å². The molecule has 1 saturated carbocycles. The summed E-state index contributed by atoms with van der Waals surface area (Å²) in [6.45, 7) is 1.49. The Morgan fingerprint density at radius 3 is 2.94 bits per heavy atom. The van der Waals surface area contributed by atoms with Crippen LogP contribution in [0.25, 0.3) is 0 Å². The van der Waals surface area contributed by atoms with Crippen molar-refractivity contribution >= 4 is 5.91 Å². The van der Waals surface area contributed by atoms with Crippen LogP contribution in [0.5, 0.6) is 0 Å². The van der Waals surface area contributed by atoms with Gasteiger partial charge in [-0.25, -0.2) is 0 Å². The number of hydrogen-bond donors (Lipinski definition) is 2. The summed E-state index contributed by atoms with van der Waals surface area (Å²) in [6.07, 6.45) is 8.75. The number of carbonyl (C=O) groups excluding carboxylic acids is 1. The molecule has 16 heavy (non-hydrogen) atoms. The second-order valence-corrected chi connectivity index (χ2v) is 4.44. The first-order valence-corrected chi connectivity index (χ1v) is 5.86.